The third-order valence-electron chi connectivity index (χ3n) is 7.65. The van der Waals surface area contributed by atoms with Crippen molar-refractivity contribution in [3.63, 3.8) is 0 Å². The van der Waals surface area contributed by atoms with Crippen LogP contribution in [0.15, 0.2) is 54.9 Å². The number of carbonyl (C=O) groups is 1. The Bertz CT molecular complexity index is 1610. The van der Waals surface area contributed by atoms with E-state index in [1.165, 1.54) is 11.0 Å². The highest BCUT2D eigenvalue weighted by molar-refractivity contribution is 6.10. The number of amides is 1. The second-order valence-electron chi connectivity index (χ2n) is 10.5. The molecule has 0 unspecified atom stereocenters. The second kappa shape index (κ2) is 10.6. The zero-order valence-electron chi connectivity index (χ0n) is 22.9. The van der Waals surface area contributed by atoms with Gasteiger partial charge < -0.3 is 9.88 Å². The van der Waals surface area contributed by atoms with Crippen molar-refractivity contribution in [2.75, 3.05) is 29.9 Å². The lowest BCUT2D eigenvalue weighted by Gasteiger charge is -2.19. The molecule has 0 spiro atoms. The number of rotatable bonds is 7. The van der Waals surface area contributed by atoms with Gasteiger partial charge in [0.1, 0.15) is 18.0 Å². The normalized spacial score (nSPS) is 15.5. The van der Waals surface area contributed by atoms with Gasteiger partial charge in [-0.15, -0.1) is 10.2 Å². The molecule has 2 aromatic heterocycles. The number of benzene rings is 2. The van der Waals surface area contributed by atoms with E-state index in [2.05, 4.69) is 25.4 Å². The van der Waals surface area contributed by atoms with Gasteiger partial charge in [0, 0.05) is 31.3 Å². The number of alkyl halides is 3. The summed E-state index contributed by atoms with van der Waals surface area (Å²) in [4.78, 5) is 21.9. The van der Waals surface area contributed by atoms with Gasteiger partial charge >= 0.3 is 6.18 Å². The highest BCUT2D eigenvalue weighted by Gasteiger charge is 2.41. The number of carbonyl (C=O) groups excluding carboxylic acids is 1. The summed E-state index contributed by atoms with van der Waals surface area (Å²) >= 11 is 0. The summed E-state index contributed by atoms with van der Waals surface area (Å²) in [5.41, 5.74) is 2.24. The molecule has 41 heavy (non-hydrogen) atoms. The minimum atomic E-state index is -4.58. The highest BCUT2D eigenvalue weighted by atomic mass is 19.4. The van der Waals surface area contributed by atoms with Gasteiger partial charge in [0.2, 0.25) is 0 Å². The van der Waals surface area contributed by atoms with E-state index in [-0.39, 0.29) is 23.5 Å². The average Bonchev–Trinajstić information content (AvgIpc) is 3.69. The van der Waals surface area contributed by atoms with Gasteiger partial charge in [-0.25, -0.2) is 4.98 Å². The molecule has 0 saturated carbocycles. The van der Waals surface area contributed by atoms with E-state index in [0.717, 1.165) is 42.6 Å². The number of aromatic nitrogens is 4. The maximum atomic E-state index is 14.3. The molecule has 0 radical (unpaired) electrons. The lowest BCUT2D eigenvalue weighted by Crippen LogP contribution is -2.24. The molecule has 0 aliphatic carbocycles. The molecular weight excluding hydrogens is 531 g/mol. The predicted molar refractivity (Wildman–Crippen MR) is 150 cm³/mol. The topological polar surface area (TPSA) is 79.2 Å². The first-order valence-corrected chi connectivity index (χ1v) is 13.7. The van der Waals surface area contributed by atoms with Crippen molar-refractivity contribution in [3.05, 3.63) is 77.1 Å². The first kappa shape index (κ1) is 26.9. The quantitative estimate of drug-likeness (QED) is 0.310. The lowest BCUT2D eigenvalue weighted by molar-refractivity contribution is -0.138. The van der Waals surface area contributed by atoms with Gasteiger partial charge in [0.25, 0.3) is 5.91 Å². The van der Waals surface area contributed by atoms with Crippen LogP contribution in [0, 0.1) is 0 Å². The Hall–Kier alpha value is -4.25. The van der Waals surface area contributed by atoms with Crippen LogP contribution in [0.4, 0.5) is 24.8 Å². The SMILES string of the molecule is CCNc1cc(-c2ccccc2-c2nncn2C)cc(N2Cc3c(cc(CN4CCCC4)cc3C(F)(F)F)C2=O)n1. The van der Waals surface area contributed by atoms with Crippen LogP contribution in [0.3, 0.4) is 0 Å². The summed E-state index contributed by atoms with van der Waals surface area (Å²) in [6.07, 6.45) is -0.912. The molecule has 1 fully saturated rings. The summed E-state index contributed by atoms with van der Waals surface area (Å²) in [6.45, 7) is 4.38. The number of likely N-dealkylation sites (tertiary alicyclic amines) is 1. The van der Waals surface area contributed by atoms with Crippen LogP contribution < -0.4 is 10.2 Å². The van der Waals surface area contributed by atoms with Crippen LogP contribution >= 0.6 is 0 Å². The Morgan fingerprint density at radius 3 is 2.44 bits per heavy atom. The van der Waals surface area contributed by atoms with Crippen LogP contribution in [0.25, 0.3) is 22.5 Å². The van der Waals surface area contributed by atoms with E-state index in [0.29, 0.717) is 30.3 Å². The van der Waals surface area contributed by atoms with Crippen molar-refractivity contribution < 1.29 is 18.0 Å². The standard InChI is InChI=1S/C30H30F3N7O/c1-3-34-26-14-20(21-8-4-5-9-22(21)28-37-35-18-38(28)2)15-27(36-26)40-17-24-23(29(40)41)12-19(13-25(24)30(31,32)33)16-39-10-6-7-11-39/h4-5,8-9,12-15,18H,3,6-7,10-11,16-17H2,1-2H3,(H,34,36). The number of nitrogens with one attached hydrogen (secondary N) is 1. The number of hydrogen-bond donors (Lipinski definition) is 1. The van der Waals surface area contributed by atoms with Crippen molar-refractivity contribution in [1.29, 1.82) is 0 Å². The number of halogens is 3. The monoisotopic (exact) mass is 561 g/mol. The molecule has 0 atom stereocenters. The van der Waals surface area contributed by atoms with Crippen molar-refractivity contribution in [3.8, 4) is 22.5 Å². The van der Waals surface area contributed by atoms with Crippen LogP contribution in [-0.2, 0) is 26.3 Å². The molecule has 1 saturated heterocycles. The van der Waals surface area contributed by atoms with Crippen molar-refractivity contribution in [2.24, 2.45) is 7.05 Å². The Morgan fingerprint density at radius 1 is 1.00 bits per heavy atom. The van der Waals surface area contributed by atoms with E-state index in [1.54, 1.807) is 18.5 Å². The highest BCUT2D eigenvalue weighted by Crippen LogP contribution is 2.41. The zero-order chi connectivity index (χ0) is 28.7. The van der Waals surface area contributed by atoms with E-state index in [4.69, 9.17) is 0 Å². The van der Waals surface area contributed by atoms with Gasteiger partial charge in [-0.05, 0) is 79.4 Å². The number of fused-ring (bicyclic) bond motifs is 1. The Balaban J connectivity index is 1.43. The molecule has 212 valence electrons. The Labute approximate surface area is 235 Å². The minimum Gasteiger partial charge on any atom is -0.370 e. The molecule has 8 nitrogen and oxygen atoms in total. The van der Waals surface area contributed by atoms with E-state index >= 15 is 0 Å². The summed E-state index contributed by atoms with van der Waals surface area (Å²) in [5, 5.41) is 11.5. The van der Waals surface area contributed by atoms with Gasteiger partial charge in [-0.3, -0.25) is 14.6 Å². The number of anilines is 2. The molecular formula is C30H30F3N7O. The molecule has 1 N–H and O–H groups in total. The van der Waals surface area contributed by atoms with Crippen molar-refractivity contribution in [1.82, 2.24) is 24.6 Å². The van der Waals surface area contributed by atoms with E-state index in [1.807, 2.05) is 48.9 Å². The third-order valence-corrected chi connectivity index (χ3v) is 7.65. The fourth-order valence-corrected chi connectivity index (χ4v) is 5.73. The molecule has 11 heteroatoms. The van der Waals surface area contributed by atoms with Crippen LogP contribution in [0.2, 0.25) is 0 Å². The maximum absolute atomic E-state index is 14.3. The third kappa shape index (κ3) is 5.17. The number of pyridine rings is 1. The minimum absolute atomic E-state index is 0.00985. The lowest BCUT2D eigenvalue weighted by atomic mass is 9.98. The molecule has 2 aliphatic rings. The molecule has 0 bridgehead atoms. The predicted octanol–water partition coefficient (Wildman–Crippen LogP) is 5.75. The van der Waals surface area contributed by atoms with Gasteiger partial charge in [-0.1, -0.05) is 24.3 Å². The number of hydrogen-bond acceptors (Lipinski definition) is 6. The molecule has 4 aromatic rings. The van der Waals surface area contributed by atoms with E-state index < -0.39 is 17.6 Å². The fraction of sp³-hybridized carbons (Fsp3) is 0.333. The molecule has 2 aromatic carbocycles. The smallest absolute Gasteiger partial charge is 0.370 e. The van der Waals surface area contributed by atoms with Crippen molar-refractivity contribution >= 4 is 17.5 Å². The first-order chi connectivity index (χ1) is 19.7. The van der Waals surface area contributed by atoms with Gasteiger partial charge in [0.05, 0.1) is 12.1 Å². The Kier molecular flexibility index (Phi) is 6.98. The largest absolute Gasteiger partial charge is 0.416 e. The van der Waals surface area contributed by atoms with Crippen LogP contribution in [-0.4, -0.2) is 50.2 Å². The summed E-state index contributed by atoms with van der Waals surface area (Å²) in [6, 6.07) is 14.1. The summed E-state index contributed by atoms with van der Waals surface area (Å²) in [7, 11) is 1.85. The Morgan fingerprint density at radius 2 is 1.76 bits per heavy atom. The molecule has 2 aliphatic heterocycles. The second-order valence-corrected chi connectivity index (χ2v) is 10.5. The molecule has 1 amide bonds. The first-order valence-electron chi connectivity index (χ1n) is 13.7. The maximum Gasteiger partial charge on any atom is 0.416 e. The van der Waals surface area contributed by atoms with Gasteiger partial charge in [-0.2, -0.15) is 13.2 Å². The van der Waals surface area contributed by atoms with Crippen molar-refractivity contribution in [2.45, 2.75) is 39.0 Å². The zero-order valence-corrected chi connectivity index (χ0v) is 22.9. The average molecular weight is 562 g/mol. The molecule has 6 rings (SSSR count). The summed E-state index contributed by atoms with van der Waals surface area (Å²) < 4.78 is 44.6. The fourth-order valence-electron chi connectivity index (χ4n) is 5.73. The molecule has 4 heterocycles. The van der Waals surface area contributed by atoms with Crippen LogP contribution in [0.1, 0.15) is 46.8 Å². The number of nitrogens with zero attached hydrogens (tertiary/aromatic N) is 6. The summed E-state index contributed by atoms with van der Waals surface area (Å²) in [5.74, 6) is 0.973. The van der Waals surface area contributed by atoms with Crippen LogP contribution in [0.5, 0.6) is 0 Å². The van der Waals surface area contributed by atoms with E-state index in [9.17, 15) is 18.0 Å². The van der Waals surface area contributed by atoms with Gasteiger partial charge in [0.15, 0.2) is 5.82 Å². The number of aryl methyl sites for hydroxylation is 1.